The number of methoxy groups -OCH3 is 2. The summed E-state index contributed by atoms with van der Waals surface area (Å²) in [6.07, 6.45) is 2.27. The fraction of sp³-hybridized carbons (Fsp3) is 0.227. The number of hydrogen-bond donors (Lipinski definition) is 1. The molecule has 0 saturated heterocycles. The fourth-order valence-corrected chi connectivity index (χ4v) is 2.96. The smallest absolute Gasteiger partial charge is 0.226 e. The Balaban J connectivity index is 1.67. The average molecular weight is 364 g/mol. The van der Waals surface area contributed by atoms with Gasteiger partial charge in [0.2, 0.25) is 5.91 Å². The quantitative estimate of drug-likeness (QED) is 0.696. The zero-order valence-corrected chi connectivity index (χ0v) is 15.9. The molecule has 1 aromatic heterocycles. The number of rotatable bonds is 7. The molecule has 0 saturated carbocycles. The molecule has 0 aliphatic heterocycles. The van der Waals surface area contributed by atoms with E-state index in [0.717, 1.165) is 28.4 Å². The zero-order chi connectivity index (χ0) is 19.2. The molecule has 1 N–H and O–H groups in total. The summed E-state index contributed by atoms with van der Waals surface area (Å²) in [4.78, 5) is 12.5. The van der Waals surface area contributed by atoms with Gasteiger partial charge in [-0.1, -0.05) is 17.7 Å². The molecule has 0 fully saturated rings. The summed E-state index contributed by atoms with van der Waals surface area (Å²) in [5, 5.41) is 2.96. The van der Waals surface area contributed by atoms with Gasteiger partial charge in [0.05, 0.1) is 20.6 Å². The van der Waals surface area contributed by atoms with Crippen LogP contribution in [-0.2, 0) is 17.8 Å². The van der Waals surface area contributed by atoms with Gasteiger partial charge in [0.25, 0.3) is 0 Å². The number of carbonyl (C=O) groups is 1. The SMILES string of the molecule is COc1ccc(OC)c(CNC(=O)Cc2cccn2-c2ccc(C)cc2)c1. The van der Waals surface area contributed by atoms with Gasteiger partial charge < -0.3 is 19.4 Å². The van der Waals surface area contributed by atoms with Crippen LogP contribution in [0.2, 0.25) is 0 Å². The fourth-order valence-electron chi connectivity index (χ4n) is 2.96. The normalized spacial score (nSPS) is 10.5. The van der Waals surface area contributed by atoms with Crippen LogP contribution in [-0.4, -0.2) is 24.7 Å². The first-order chi connectivity index (χ1) is 13.1. The van der Waals surface area contributed by atoms with E-state index in [4.69, 9.17) is 9.47 Å². The summed E-state index contributed by atoms with van der Waals surface area (Å²) in [6, 6.07) is 17.7. The Kier molecular flexibility index (Phi) is 5.81. The van der Waals surface area contributed by atoms with Crippen molar-refractivity contribution in [1.29, 1.82) is 0 Å². The Bertz CT molecular complexity index is 914. The van der Waals surface area contributed by atoms with Gasteiger partial charge in [0.1, 0.15) is 11.5 Å². The predicted molar refractivity (Wildman–Crippen MR) is 106 cm³/mol. The average Bonchev–Trinajstić information content (AvgIpc) is 3.14. The molecule has 5 heteroatoms. The van der Waals surface area contributed by atoms with E-state index in [9.17, 15) is 4.79 Å². The van der Waals surface area contributed by atoms with E-state index in [1.54, 1.807) is 14.2 Å². The predicted octanol–water partition coefficient (Wildman–Crippen LogP) is 3.66. The molecule has 0 radical (unpaired) electrons. The number of hydrogen-bond acceptors (Lipinski definition) is 3. The highest BCUT2D eigenvalue weighted by atomic mass is 16.5. The summed E-state index contributed by atoms with van der Waals surface area (Å²) in [6.45, 7) is 2.44. The lowest BCUT2D eigenvalue weighted by molar-refractivity contribution is -0.120. The second-order valence-electron chi connectivity index (χ2n) is 6.34. The van der Waals surface area contributed by atoms with E-state index in [1.807, 2.05) is 41.1 Å². The molecule has 0 unspecified atom stereocenters. The molecule has 1 heterocycles. The van der Waals surface area contributed by atoms with Crippen LogP contribution in [0.3, 0.4) is 0 Å². The number of nitrogens with one attached hydrogen (secondary N) is 1. The Hall–Kier alpha value is -3.21. The Morgan fingerprint density at radius 2 is 1.81 bits per heavy atom. The van der Waals surface area contributed by atoms with Crippen LogP contribution in [0.15, 0.2) is 60.8 Å². The monoisotopic (exact) mass is 364 g/mol. The second-order valence-corrected chi connectivity index (χ2v) is 6.34. The molecular formula is C22H24N2O3. The van der Waals surface area contributed by atoms with Gasteiger partial charge in [-0.25, -0.2) is 0 Å². The molecule has 0 aliphatic carbocycles. The van der Waals surface area contributed by atoms with E-state index < -0.39 is 0 Å². The van der Waals surface area contributed by atoms with Gasteiger partial charge in [-0.05, 0) is 49.4 Å². The third-order valence-corrected chi connectivity index (χ3v) is 4.45. The van der Waals surface area contributed by atoms with Gasteiger partial charge in [-0.2, -0.15) is 0 Å². The van der Waals surface area contributed by atoms with Crippen LogP contribution in [0.5, 0.6) is 11.5 Å². The second kappa shape index (κ2) is 8.45. The molecule has 3 rings (SSSR count). The molecule has 5 nitrogen and oxygen atoms in total. The zero-order valence-electron chi connectivity index (χ0n) is 15.9. The minimum atomic E-state index is -0.0491. The van der Waals surface area contributed by atoms with Gasteiger partial charge in [0, 0.05) is 29.7 Å². The first-order valence-corrected chi connectivity index (χ1v) is 8.81. The topological polar surface area (TPSA) is 52.5 Å². The molecule has 0 aliphatic rings. The first kappa shape index (κ1) is 18.6. The highest BCUT2D eigenvalue weighted by Crippen LogP contribution is 2.23. The van der Waals surface area contributed by atoms with Gasteiger partial charge in [-0.3, -0.25) is 4.79 Å². The van der Waals surface area contributed by atoms with Crippen molar-refractivity contribution in [3.05, 3.63) is 77.6 Å². The largest absolute Gasteiger partial charge is 0.497 e. The number of aromatic nitrogens is 1. The van der Waals surface area contributed by atoms with Crippen molar-refractivity contribution >= 4 is 5.91 Å². The third-order valence-electron chi connectivity index (χ3n) is 4.45. The number of carbonyl (C=O) groups excluding carboxylic acids is 1. The van der Waals surface area contributed by atoms with Crippen molar-refractivity contribution < 1.29 is 14.3 Å². The van der Waals surface area contributed by atoms with Gasteiger partial charge >= 0.3 is 0 Å². The molecule has 1 amide bonds. The van der Waals surface area contributed by atoms with Gasteiger partial charge in [-0.15, -0.1) is 0 Å². The van der Waals surface area contributed by atoms with E-state index in [-0.39, 0.29) is 5.91 Å². The molecule has 0 spiro atoms. The Morgan fingerprint density at radius 1 is 1.04 bits per heavy atom. The standard InChI is InChI=1S/C22H24N2O3/c1-16-6-8-18(9-7-16)24-12-4-5-19(24)14-22(25)23-15-17-13-20(26-2)10-11-21(17)27-3/h4-13H,14-15H2,1-3H3,(H,23,25). The van der Waals surface area contributed by atoms with Crippen LogP contribution >= 0.6 is 0 Å². The molecule has 3 aromatic rings. The van der Waals surface area contributed by atoms with Crippen molar-refractivity contribution in [2.75, 3.05) is 14.2 Å². The first-order valence-electron chi connectivity index (χ1n) is 8.81. The summed E-state index contributed by atoms with van der Waals surface area (Å²) in [7, 11) is 3.23. The van der Waals surface area contributed by atoms with Crippen molar-refractivity contribution in [2.24, 2.45) is 0 Å². The Morgan fingerprint density at radius 3 is 2.52 bits per heavy atom. The molecular weight excluding hydrogens is 340 g/mol. The lowest BCUT2D eigenvalue weighted by Crippen LogP contribution is -2.25. The Labute approximate surface area is 159 Å². The molecule has 0 atom stereocenters. The summed E-state index contributed by atoms with van der Waals surface area (Å²) in [5.74, 6) is 1.40. The number of aryl methyl sites for hydroxylation is 1. The maximum atomic E-state index is 12.5. The van der Waals surface area contributed by atoms with Crippen LogP contribution in [0.4, 0.5) is 0 Å². The van der Waals surface area contributed by atoms with Crippen LogP contribution in [0, 0.1) is 6.92 Å². The van der Waals surface area contributed by atoms with E-state index in [1.165, 1.54) is 5.56 Å². The van der Waals surface area contributed by atoms with E-state index in [0.29, 0.717) is 13.0 Å². The lowest BCUT2D eigenvalue weighted by Gasteiger charge is -2.12. The van der Waals surface area contributed by atoms with Crippen LogP contribution < -0.4 is 14.8 Å². The lowest BCUT2D eigenvalue weighted by atomic mass is 10.1. The third kappa shape index (κ3) is 4.50. The maximum absolute atomic E-state index is 12.5. The van der Waals surface area contributed by atoms with Crippen molar-refractivity contribution in [2.45, 2.75) is 19.9 Å². The maximum Gasteiger partial charge on any atom is 0.226 e. The van der Waals surface area contributed by atoms with Crippen molar-refractivity contribution in [3.63, 3.8) is 0 Å². The minimum Gasteiger partial charge on any atom is -0.497 e. The molecule has 140 valence electrons. The van der Waals surface area contributed by atoms with Crippen LogP contribution in [0.25, 0.3) is 5.69 Å². The number of benzene rings is 2. The van der Waals surface area contributed by atoms with E-state index in [2.05, 4.69) is 36.5 Å². The van der Waals surface area contributed by atoms with Crippen molar-refractivity contribution in [3.8, 4) is 17.2 Å². The minimum absolute atomic E-state index is 0.0491. The number of nitrogens with zero attached hydrogens (tertiary/aromatic N) is 1. The summed E-state index contributed by atoms with van der Waals surface area (Å²) < 4.78 is 12.6. The van der Waals surface area contributed by atoms with Gasteiger partial charge in [0.15, 0.2) is 0 Å². The molecule has 27 heavy (non-hydrogen) atoms. The summed E-state index contributed by atoms with van der Waals surface area (Å²) >= 11 is 0. The highest BCUT2D eigenvalue weighted by Gasteiger charge is 2.11. The highest BCUT2D eigenvalue weighted by molar-refractivity contribution is 5.78. The summed E-state index contributed by atoms with van der Waals surface area (Å²) in [5.41, 5.74) is 4.06. The van der Waals surface area contributed by atoms with Crippen molar-refractivity contribution in [1.82, 2.24) is 9.88 Å². The van der Waals surface area contributed by atoms with E-state index >= 15 is 0 Å². The number of amides is 1. The molecule has 0 bridgehead atoms. The van der Waals surface area contributed by atoms with Crippen LogP contribution in [0.1, 0.15) is 16.8 Å². The number of ether oxygens (including phenoxy) is 2. The molecule has 2 aromatic carbocycles.